The van der Waals surface area contributed by atoms with E-state index in [9.17, 15) is 0 Å². The van der Waals surface area contributed by atoms with Crippen molar-refractivity contribution < 1.29 is 0 Å². The first kappa shape index (κ1) is 15.0. The molecular formula is C24H20S. The first-order valence-electron chi connectivity index (χ1n) is 8.83. The Labute approximate surface area is 153 Å². The van der Waals surface area contributed by atoms with E-state index >= 15 is 0 Å². The number of fused-ring (bicyclic) bond motifs is 1. The van der Waals surface area contributed by atoms with E-state index in [2.05, 4.69) is 116 Å². The number of hydrogen-bond donors (Lipinski definition) is 0. The van der Waals surface area contributed by atoms with Gasteiger partial charge >= 0.3 is 0 Å². The lowest BCUT2D eigenvalue weighted by atomic mass is 9.98. The maximum Gasteiger partial charge on any atom is 0.0627 e. The molecule has 0 aromatic heterocycles. The van der Waals surface area contributed by atoms with Crippen molar-refractivity contribution in [2.24, 2.45) is 5.41 Å². The second-order valence-corrected chi connectivity index (χ2v) is 8.49. The van der Waals surface area contributed by atoms with Crippen molar-refractivity contribution >= 4 is 16.7 Å². The van der Waals surface area contributed by atoms with Gasteiger partial charge in [0.15, 0.2) is 0 Å². The van der Waals surface area contributed by atoms with Gasteiger partial charge in [0, 0.05) is 16.2 Å². The number of thioether (sulfide) groups is 1. The zero-order valence-corrected chi connectivity index (χ0v) is 15.0. The van der Waals surface area contributed by atoms with Gasteiger partial charge in [-0.05, 0) is 16.7 Å². The maximum atomic E-state index is 2.53. The van der Waals surface area contributed by atoms with Gasteiger partial charge in [-0.25, -0.2) is 0 Å². The fourth-order valence-corrected chi connectivity index (χ4v) is 6.63. The Kier molecular flexibility index (Phi) is 3.23. The van der Waals surface area contributed by atoms with Gasteiger partial charge in [0.25, 0.3) is 0 Å². The molecule has 0 N–H and O–H groups in total. The minimum Gasteiger partial charge on any atom is -0.113 e. The first-order valence-corrected chi connectivity index (χ1v) is 9.65. The second-order valence-electron chi connectivity index (χ2n) is 7.20. The first-order chi connectivity index (χ1) is 12.3. The van der Waals surface area contributed by atoms with Gasteiger partial charge in [0.05, 0.1) is 4.75 Å². The van der Waals surface area contributed by atoms with Gasteiger partial charge in [-0.1, -0.05) is 104 Å². The van der Waals surface area contributed by atoms with Gasteiger partial charge < -0.3 is 0 Å². The zero-order chi connectivity index (χ0) is 16.9. The number of allylic oxidation sites excluding steroid dienone is 1. The molecule has 1 aliphatic heterocycles. The van der Waals surface area contributed by atoms with Crippen LogP contribution in [0.2, 0.25) is 0 Å². The van der Waals surface area contributed by atoms with E-state index < -0.39 is 0 Å². The summed E-state index contributed by atoms with van der Waals surface area (Å²) in [5.41, 5.74) is 4.39. The van der Waals surface area contributed by atoms with Crippen molar-refractivity contribution in [3.05, 3.63) is 114 Å². The molecule has 0 bridgehead atoms. The van der Waals surface area contributed by atoms with E-state index in [4.69, 9.17) is 0 Å². The van der Waals surface area contributed by atoms with Gasteiger partial charge in [0.2, 0.25) is 0 Å². The van der Waals surface area contributed by atoms with Gasteiger partial charge in [-0.15, -0.1) is 11.8 Å². The van der Waals surface area contributed by atoms with Crippen LogP contribution in [0.5, 0.6) is 0 Å². The molecule has 5 rings (SSSR count). The minimum absolute atomic E-state index is 0.112. The van der Waals surface area contributed by atoms with Crippen molar-refractivity contribution in [3.63, 3.8) is 0 Å². The third-order valence-corrected chi connectivity index (χ3v) is 7.63. The lowest BCUT2D eigenvalue weighted by molar-refractivity contribution is 0.679. The number of hydrogen-bond acceptors (Lipinski definition) is 1. The van der Waals surface area contributed by atoms with Crippen LogP contribution in [-0.2, 0) is 4.75 Å². The summed E-state index contributed by atoms with van der Waals surface area (Å²) in [5, 5.41) is 0. The van der Waals surface area contributed by atoms with Crippen LogP contribution in [0.3, 0.4) is 0 Å². The minimum atomic E-state index is 0.112. The standard InChI is InChI=1S/C24H20S/c1-23-17-21(18-11-5-2-6-12-18)25-24(23,20-15-9-4-10-16-20)22(23)19-13-7-3-8-14-19/h2-17,22H,1H3. The largest absolute Gasteiger partial charge is 0.113 e. The molecule has 1 saturated carbocycles. The van der Waals surface area contributed by atoms with Crippen molar-refractivity contribution in [2.75, 3.05) is 0 Å². The van der Waals surface area contributed by atoms with E-state index in [1.807, 2.05) is 0 Å². The summed E-state index contributed by atoms with van der Waals surface area (Å²) in [7, 11) is 0. The van der Waals surface area contributed by atoms with E-state index in [0.717, 1.165) is 0 Å². The molecule has 0 spiro atoms. The maximum absolute atomic E-state index is 2.53. The van der Waals surface area contributed by atoms with Crippen molar-refractivity contribution in [3.8, 4) is 0 Å². The molecule has 0 nitrogen and oxygen atoms in total. The second kappa shape index (κ2) is 5.37. The topological polar surface area (TPSA) is 0 Å². The van der Waals surface area contributed by atoms with E-state index in [1.54, 1.807) is 0 Å². The van der Waals surface area contributed by atoms with E-state index in [-0.39, 0.29) is 10.2 Å². The molecule has 25 heavy (non-hydrogen) atoms. The Hall–Kier alpha value is -2.25. The lowest BCUT2D eigenvalue weighted by Crippen LogP contribution is -2.06. The fourth-order valence-electron chi connectivity index (χ4n) is 4.64. The van der Waals surface area contributed by atoms with Crippen LogP contribution < -0.4 is 0 Å². The van der Waals surface area contributed by atoms with Gasteiger partial charge in [0.1, 0.15) is 0 Å². The Morgan fingerprint density at radius 1 is 0.720 bits per heavy atom. The summed E-state index contributed by atoms with van der Waals surface area (Å²) < 4.78 is 0.112. The molecule has 1 heteroatoms. The smallest absolute Gasteiger partial charge is 0.0627 e. The molecule has 122 valence electrons. The molecular weight excluding hydrogens is 320 g/mol. The molecule has 3 unspecified atom stereocenters. The summed E-state index contributed by atoms with van der Waals surface area (Å²) in [6.45, 7) is 2.43. The molecule has 0 saturated heterocycles. The predicted molar refractivity (Wildman–Crippen MR) is 107 cm³/mol. The summed E-state index contributed by atoms with van der Waals surface area (Å²) in [6, 6.07) is 32.9. The lowest BCUT2D eigenvalue weighted by Gasteiger charge is -2.18. The Bertz CT molecular complexity index is 930. The molecule has 3 aromatic rings. The van der Waals surface area contributed by atoms with Crippen LogP contribution in [0.1, 0.15) is 29.5 Å². The van der Waals surface area contributed by atoms with Crippen LogP contribution in [0.25, 0.3) is 4.91 Å². The fraction of sp³-hybridized carbons (Fsp3) is 0.167. The monoisotopic (exact) mass is 340 g/mol. The summed E-state index contributed by atoms with van der Waals surface area (Å²) in [5.74, 6) is 0.529. The third kappa shape index (κ3) is 2.02. The van der Waals surface area contributed by atoms with Crippen molar-refractivity contribution in [2.45, 2.75) is 17.6 Å². The Balaban J connectivity index is 1.65. The zero-order valence-electron chi connectivity index (χ0n) is 14.2. The average molecular weight is 340 g/mol. The SMILES string of the molecule is CC12C=C(c3ccccc3)SC1(c1ccccc1)C2c1ccccc1. The molecule has 1 aliphatic carbocycles. The van der Waals surface area contributed by atoms with Crippen molar-refractivity contribution in [1.82, 2.24) is 0 Å². The van der Waals surface area contributed by atoms with Crippen LogP contribution in [0, 0.1) is 5.41 Å². The Morgan fingerprint density at radius 3 is 1.92 bits per heavy atom. The highest BCUT2D eigenvalue weighted by atomic mass is 32.2. The summed E-state index contributed by atoms with van der Waals surface area (Å²) in [6.07, 6.45) is 2.53. The molecule has 0 amide bonds. The molecule has 3 aromatic carbocycles. The molecule has 0 radical (unpaired) electrons. The molecule has 1 fully saturated rings. The molecule has 2 aliphatic rings. The van der Waals surface area contributed by atoms with Crippen LogP contribution in [0.4, 0.5) is 0 Å². The van der Waals surface area contributed by atoms with Crippen LogP contribution in [-0.4, -0.2) is 0 Å². The van der Waals surface area contributed by atoms with Crippen LogP contribution >= 0.6 is 11.8 Å². The summed E-state index contributed by atoms with van der Waals surface area (Å²) >= 11 is 2.06. The van der Waals surface area contributed by atoms with E-state index in [1.165, 1.54) is 21.6 Å². The highest BCUT2D eigenvalue weighted by molar-refractivity contribution is 8.09. The van der Waals surface area contributed by atoms with Crippen LogP contribution in [0.15, 0.2) is 97.1 Å². The predicted octanol–water partition coefficient (Wildman–Crippen LogP) is 6.47. The molecule has 3 atom stereocenters. The number of benzene rings is 3. The third-order valence-electron chi connectivity index (χ3n) is 5.82. The normalized spacial score (nSPS) is 29.8. The van der Waals surface area contributed by atoms with Crippen molar-refractivity contribution in [1.29, 1.82) is 0 Å². The highest BCUT2D eigenvalue weighted by Crippen LogP contribution is 2.85. The molecule has 1 heterocycles. The average Bonchev–Trinajstić information content (AvgIpc) is 3.06. The highest BCUT2D eigenvalue weighted by Gasteiger charge is 2.77. The van der Waals surface area contributed by atoms with Gasteiger partial charge in [-0.2, -0.15) is 0 Å². The summed E-state index contributed by atoms with van der Waals surface area (Å²) in [4.78, 5) is 1.42. The number of rotatable bonds is 3. The van der Waals surface area contributed by atoms with E-state index in [0.29, 0.717) is 5.92 Å². The van der Waals surface area contributed by atoms with Gasteiger partial charge in [-0.3, -0.25) is 0 Å². The quantitative estimate of drug-likeness (QED) is 0.526. The Morgan fingerprint density at radius 2 is 1.28 bits per heavy atom.